The number of benzene rings is 2. The summed E-state index contributed by atoms with van der Waals surface area (Å²) in [5, 5.41) is 13.6. The second-order valence-electron chi connectivity index (χ2n) is 7.37. The van der Waals surface area contributed by atoms with Crippen molar-refractivity contribution < 1.29 is 23.1 Å². The molecule has 0 bridgehead atoms. The average Bonchev–Trinajstić information content (AvgIpc) is 3.49. The Morgan fingerprint density at radius 3 is 2.42 bits per heavy atom. The first-order chi connectivity index (χ1) is 17.3. The molecule has 4 aromatic rings. The number of urea groups is 1. The molecule has 0 aliphatic carbocycles. The standard InChI is InChI=1S/C22H19ClF2N8O3/c1-12-30-20(33(31-12)14-3-5-16(23)18(25)8-14)10-27-22(35)26-9-19-28-11-29-32(19)13-4-6-17(24)15(7-13)21(34)36-2/h3-8,11H,9-10H2,1-2H3,(H2,26,27,35). The molecule has 11 nitrogen and oxygen atoms in total. The molecule has 2 N–H and O–H groups in total. The number of hydrogen-bond acceptors (Lipinski definition) is 7. The van der Waals surface area contributed by atoms with E-state index in [-0.39, 0.29) is 23.7 Å². The summed E-state index contributed by atoms with van der Waals surface area (Å²) in [7, 11) is 1.15. The van der Waals surface area contributed by atoms with Gasteiger partial charge in [-0.2, -0.15) is 10.2 Å². The third-order valence-corrected chi connectivity index (χ3v) is 5.27. The fourth-order valence-electron chi connectivity index (χ4n) is 3.29. The number of ether oxygens (including phenoxy) is 1. The summed E-state index contributed by atoms with van der Waals surface area (Å²) in [5.41, 5.74) is 0.487. The number of aromatic nitrogens is 6. The number of rotatable bonds is 7. The van der Waals surface area contributed by atoms with E-state index in [0.717, 1.165) is 13.2 Å². The number of esters is 1. The lowest BCUT2D eigenvalue weighted by molar-refractivity contribution is 0.0595. The van der Waals surface area contributed by atoms with Crippen LogP contribution in [0.1, 0.15) is 27.8 Å². The van der Waals surface area contributed by atoms with Crippen LogP contribution in [0.2, 0.25) is 5.02 Å². The molecule has 2 heterocycles. The lowest BCUT2D eigenvalue weighted by atomic mass is 10.2. The second kappa shape index (κ2) is 10.5. The van der Waals surface area contributed by atoms with Crippen molar-refractivity contribution in [1.82, 2.24) is 40.2 Å². The lowest BCUT2D eigenvalue weighted by Crippen LogP contribution is -2.36. The Kier molecular flexibility index (Phi) is 7.20. The van der Waals surface area contributed by atoms with E-state index >= 15 is 0 Å². The Bertz CT molecular complexity index is 1440. The third kappa shape index (κ3) is 5.30. The van der Waals surface area contributed by atoms with Gasteiger partial charge in [0.15, 0.2) is 11.6 Å². The molecule has 0 aliphatic heterocycles. The van der Waals surface area contributed by atoms with Crippen LogP contribution >= 0.6 is 11.6 Å². The maximum Gasteiger partial charge on any atom is 0.340 e. The van der Waals surface area contributed by atoms with Crippen LogP contribution in [0.3, 0.4) is 0 Å². The molecule has 2 aromatic carbocycles. The molecule has 186 valence electrons. The largest absolute Gasteiger partial charge is 0.465 e. The third-order valence-electron chi connectivity index (χ3n) is 4.96. The van der Waals surface area contributed by atoms with Crippen LogP contribution in [0.5, 0.6) is 0 Å². The van der Waals surface area contributed by atoms with Crippen molar-refractivity contribution in [2.24, 2.45) is 0 Å². The highest BCUT2D eigenvalue weighted by atomic mass is 35.5. The van der Waals surface area contributed by atoms with E-state index in [4.69, 9.17) is 11.6 Å². The summed E-state index contributed by atoms with van der Waals surface area (Å²) in [5.74, 6) is -1.06. The van der Waals surface area contributed by atoms with E-state index in [9.17, 15) is 18.4 Å². The average molecular weight is 517 g/mol. The first-order valence-electron chi connectivity index (χ1n) is 10.4. The highest BCUT2D eigenvalue weighted by Crippen LogP contribution is 2.19. The van der Waals surface area contributed by atoms with E-state index in [2.05, 4.69) is 35.5 Å². The van der Waals surface area contributed by atoms with E-state index in [1.165, 1.54) is 40.0 Å². The molecule has 0 radical (unpaired) electrons. The predicted molar refractivity (Wildman–Crippen MR) is 123 cm³/mol. The minimum atomic E-state index is -0.835. The summed E-state index contributed by atoms with van der Waals surface area (Å²) in [6.07, 6.45) is 1.26. The van der Waals surface area contributed by atoms with Crippen LogP contribution in [-0.4, -0.2) is 48.6 Å². The zero-order valence-electron chi connectivity index (χ0n) is 19.0. The van der Waals surface area contributed by atoms with E-state index in [0.29, 0.717) is 28.8 Å². The molecule has 0 saturated carbocycles. The van der Waals surface area contributed by atoms with Gasteiger partial charge < -0.3 is 15.4 Å². The molecule has 2 aromatic heterocycles. The smallest absolute Gasteiger partial charge is 0.340 e. The Morgan fingerprint density at radius 1 is 1.00 bits per heavy atom. The highest BCUT2D eigenvalue weighted by molar-refractivity contribution is 6.30. The van der Waals surface area contributed by atoms with E-state index in [1.54, 1.807) is 13.0 Å². The van der Waals surface area contributed by atoms with Crippen LogP contribution in [0.25, 0.3) is 11.4 Å². The molecule has 4 rings (SSSR count). The van der Waals surface area contributed by atoms with E-state index in [1.807, 2.05) is 0 Å². The van der Waals surface area contributed by atoms with Gasteiger partial charge in [-0.25, -0.2) is 37.7 Å². The first-order valence-corrected chi connectivity index (χ1v) is 10.8. The van der Waals surface area contributed by atoms with Crippen LogP contribution < -0.4 is 10.6 Å². The Balaban J connectivity index is 1.42. The summed E-state index contributed by atoms with van der Waals surface area (Å²) in [4.78, 5) is 32.6. The minimum absolute atomic E-state index is 0.00986. The van der Waals surface area contributed by atoms with Crippen molar-refractivity contribution in [3.8, 4) is 11.4 Å². The van der Waals surface area contributed by atoms with Gasteiger partial charge in [0.1, 0.15) is 23.8 Å². The summed E-state index contributed by atoms with van der Waals surface area (Å²) >= 11 is 5.74. The fourth-order valence-corrected chi connectivity index (χ4v) is 3.41. The second-order valence-corrected chi connectivity index (χ2v) is 7.77. The number of nitrogens with one attached hydrogen (secondary N) is 2. The maximum absolute atomic E-state index is 14.0. The Labute approximate surface area is 208 Å². The fraction of sp³-hybridized carbons (Fsp3) is 0.182. The number of hydrogen-bond donors (Lipinski definition) is 2. The molecule has 14 heteroatoms. The molecule has 2 amide bonds. The number of halogens is 3. The van der Waals surface area contributed by atoms with Crippen molar-refractivity contribution in [2.75, 3.05) is 7.11 Å². The quantitative estimate of drug-likeness (QED) is 0.361. The topological polar surface area (TPSA) is 129 Å². The van der Waals surface area contributed by atoms with Crippen LogP contribution in [0.4, 0.5) is 13.6 Å². The molecule has 36 heavy (non-hydrogen) atoms. The van der Waals surface area contributed by atoms with E-state index < -0.39 is 23.6 Å². The molecular formula is C22H19ClF2N8O3. The normalized spacial score (nSPS) is 10.8. The monoisotopic (exact) mass is 516 g/mol. The molecule has 0 atom stereocenters. The molecule has 0 spiro atoms. The Morgan fingerprint density at radius 2 is 1.69 bits per heavy atom. The summed E-state index contributed by atoms with van der Waals surface area (Å²) < 4.78 is 35.2. The van der Waals surface area contributed by atoms with Gasteiger partial charge in [-0.3, -0.25) is 0 Å². The van der Waals surface area contributed by atoms with Crippen molar-refractivity contribution in [3.05, 3.63) is 82.4 Å². The number of carbonyl (C=O) groups excluding carboxylic acids is 2. The molecule has 0 aliphatic rings. The summed E-state index contributed by atoms with van der Waals surface area (Å²) in [6.45, 7) is 1.62. The zero-order chi connectivity index (χ0) is 25.8. The number of aryl methyl sites for hydroxylation is 1. The van der Waals surface area contributed by atoms with Gasteiger partial charge in [-0.05, 0) is 37.3 Å². The Hall–Kier alpha value is -4.39. The SMILES string of the molecule is COC(=O)c1cc(-n2ncnc2CNC(=O)NCc2nc(C)nn2-c2ccc(Cl)c(F)c2)ccc1F. The van der Waals surface area contributed by atoms with Crippen molar-refractivity contribution in [3.63, 3.8) is 0 Å². The summed E-state index contributed by atoms with van der Waals surface area (Å²) in [6, 6.07) is 7.44. The zero-order valence-corrected chi connectivity index (χ0v) is 19.8. The lowest BCUT2D eigenvalue weighted by Gasteiger charge is -2.10. The molecule has 0 fully saturated rings. The van der Waals surface area contributed by atoms with Gasteiger partial charge in [0.05, 0.1) is 42.2 Å². The van der Waals surface area contributed by atoms with Gasteiger partial charge in [0.2, 0.25) is 0 Å². The van der Waals surface area contributed by atoms with Gasteiger partial charge in [-0.1, -0.05) is 11.6 Å². The number of carbonyl (C=O) groups is 2. The minimum Gasteiger partial charge on any atom is -0.465 e. The highest BCUT2D eigenvalue weighted by Gasteiger charge is 2.16. The predicted octanol–water partition coefficient (Wildman–Crippen LogP) is 2.87. The van der Waals surface area contributed by atoms with Crippen molar-refractivity contribution in [2.45, 2.75) is 20.0 Å². The number of nitrogens with zero attached hydrogens (tertiary/aromatic N) is 6. The van der Waals surface area contributed by atoms with Crippen LogP contribution in [0.15, 0.2) is 42.7 Å². The van der Waals surface area contributed by atoms with Gasteiger partial charge >= 0.3 is 12.0 Å². The molecule has 0 unspecified atom stereocenters. The number of amides is 2. The van der Waals surface area contributed by atoms with Gasteiger partial charge in [-0.15, -0.1) is 0 Å². The maximum atomic E-state index is 14.0. The van der Waals surface area contributed by atoms with Crippen LogP contribution in [-0.2, 0) is 17.8 Å². The van der Waals surface area contributed by atoms with Gasteiger partial charge in [0, 0.05) is 6.07 Å². The molecular weight excluding hydrogens is 498 g/mol. The van der Waals surface area contributed by atoms with Crippen LogP contribution in [0, 0.1) is 18.6 Å². The molecule has 0 saturated heterocycles. The van der Waals surface area contributed by atoms with Crippen molar-refractivity contribution in [1.29, 1.82) is 0 Å². The van der Waals surface area contributed by atoms with Gasteiger partial charge in [0.25, 0.3) is 0 Å². The van der Waals surface area contributed by atoms with Crippen molar-refractivity contribution >= 4 is 23.6 Å². The number of methoxy groups -OCH3 is 1. The first kappa shape index (κ1) is 24.7.